The van der Waals surface area contributed by atoms with E-state index < -0.39 is 0 Å². The van der Waals surface area contributed by atoms with Crippen LogP contribution in [0.15, 0.2) is 16.5 Å². The molecule has 1 aromatic rings. The zero-order valence-corrected chi connectivity index (χ0v) is 15.6. The minimum atomic E-state index is 0.303. The lowest BCUT2D eigenvalue weighted by molar-refractivity contribution is -0.132. The van der Waals surface area contributed by atoms with Crippen LogP contribution in [0, 0.1) is 11.8 Å². The van der Waals surface area contributed by atoms with E-state index in [0.717, 1.165) is 42.9 Å². The maximum Gasteiger partial charge on any atom is 0.223 e. The van der Waals surface area contributed by atoms with Gasteiger partial charge in [-0.2, -0.15) is 0 Å². The molecule has 0 spiro atoms. The average Bonchev–Trinajstić information content (AvgIpc) is 3.04. The Kier molecular flexibility index (Phi) is 5.16. The minimum absolute atomic E-state index is 0.303. The van der Waals surface area contributed by atoms with E-state index >= 15 is 0 Å². The van der Waals surface area contributed by atoms with Gasteiger partial charge in [-0.25, -0.2) is 0 Å². The van der Waals surface area contributed by atoms with Crippen LogP contribution in [0.5, 0.6) is 0 Å². The first-order valence-corrected chi connectivity index (χ1v) is 10.3. The van der Waals surface area contributed by atoms with Gasteiger partial charge in [-0.1, -0.05) is 6.92 Å². The van der Waals surface area contributed by atoms with Crippen LogP contribution in [0.25, 0.3) is 0 Å². The van der Waals surface area contributed by atoms with Gasteiger partial charge in [0.15, 0.2) is 0 Å². The van der Waals surface area contributed by atoms with Crippen molar-refractivity contribution in [3.63, 3.8) is 0 Å². The van der Waals surface area contributed by atoms with Crippen molar-refractivity contribution in [2.75, 3.05) is 32.7 Å². The largest absolute Gasteiger partial charge is 0.466 e. The van der Waals surface area contributed by atoms with E-state index in [4.69, 9.17) is 4.42 Å². The number of amides is 1. The molecule has 3 aliphatic rings. The third kappa shape index (κ3) is 4.28. The number of hydrogen-bond acceptors (Lipinski definition) is 3. The molecular weight excluding hydrogens is 312 g/mol. The van der Waals surface area contributed by atoms with Crippen molar-refractivity contribution in [3.8, 4) is 0 Å². The number of carbonyl (C=O) groups excluding carboxylic acids is 1. The third-order valence-corrected chi connectivity index (χ3v) is 6.42. The molecular formula is C21H32N2O2. The topological polar surface area (TPSA) is 36.7 Å². The van der Waals surface area contributed by atoms with Crippen LogP contribution >= 0.6 is 0 Å². The molecule has 2 atom stereocenters. The Labute approximate surface area is 151 Å². The van der Waals surface area contributed by atoms with Crippen LogP contribution < -0.4 is 0 Å². The number of piperidine rings is 1. The van der Waals surface area contributed by atoms with Gasteiger partial charge in [0.2, 0.25) is 5.91 Å². The van der Waals surface area contributed by atoms with Gasteiger partial charge in [0.25, 0.3) is 0 Å². The highest BCUT2D eigenvalue weighted by molar-refractivity contribution is 5.76. The lowest BCUT2D eigenvalue weighted by Gasteiger charge is -2.34. The van der Waals surface area contributed by atoms with Crippen LogP contribution in [-0.2, 0) is 11.2 Å². The van der Waals surface area contributed by atoms with Crippen molar-refractivity contribution >= 4 is 5.91 Å². The Morgan fingerprint density at radius 3 is 2.56 bits per heavy atom. The Hall–Kier alpha value is -1.29. The summed E-state index contributed by atoms with van der Waals surface area (Å²) in [5.74, 6) is 4.58. The van der Waals surface area contributed by atoms with Crippen LogP contribution in [0.4, 0.5) is 0 Å². The zero-order valence-electron chi connectivity index (χ0n) is 15.6. The first kappa shape index (κ1) is 17.1. The van der Waals surface area contributed by atoms with Gasteiger partial charge in [-0.15, -0.1) is 0 Å². The van der Waals surface area contributed by atoms with E-state index in [9.17, 15) is 4.79 Å². The summed E-state index contributed by atoms with van der Waals surface area (Å²) >= 11 is 0. The highest BCUT2D eigenvalue weighted by Gasteiger charge is 2.36. The number of rotatable bonds is 6. The van der Waals surface area contributed by atoms with E-state index in [2.05, 4.69) is 28.9 Å². The maximum atomic E-state index is 12.5. The smallest absolute Gasteiger partial charge is 0.223 e. The monoisotopic (exact) mass is 344 g/mol. The van der Waals surface area contributed by atoms with Gasteiger partial charge in [0.1, 0.15) is 11.5 Å². The molecule has 0 bridgehead atoms. The van der Waals surface area contributed by atoms with Gasteiger partial charge in [0.05, 0.1) is 0 Å². The summed E-state index contributed by atoms with van der Waals surface area (Å²) in [6, 6.07) is 4.17. The van der Waals surface area contributed by atoms with Gasteiger partial charge in [0, 0.05) is 38.4 Å². The number of nitrogens with zero attached hydrogens (tertiary/aromatic N) is 2. The molecule has 0 unspecified atom stereocenters. The summed E-state index contributed by atoms with van der Waals surface area (Å²) in [6.07, 6.45) is 7.66. The second kappa shape index (κ2) is 7.53. The molecule has 2 saturated heterocycles. The van der Waals surface area contributed by atoms with Crippen molar-refractivity contribution in [2.24, 2.45) is 11.8 Å². The molecule has 1 saturated carbocycles. The summed E-state index contributed by atoms with van der Waals surface area (Å²) in [7, 11) is 0. The fourth-order valence-corrected chi connectivity index (χ4v) is 4.53. The molecule has 4 nitrogen and oxygen atoms in total. The molecule has 2 aliphatic heterocycles. The summed E-state index contributed by atoms with van der Waals surface area (Å²) < 4.78 is 5.93. The van der Waals surface area contributed by atoms with Gasteiger partial charge in [-0.05, 0) is 69.2 Å². The third-order valence-electron chi connectivity index (χ3n) is 6.42. The molecule has 3 fully saturated rings. The molecule has 4 heteroatoms. The average molecular weight is 344 g/mol. The lowest BCUT2D eigenvalue weighted by Crippen LogP contribution is -2.41. The number of aryl methyl sites for hydroxylation is 1. The van der Waals surface area contributed by atoms with Crippen LogP contribution in [0.1, 0.15) is 62.9 Å². The number of furan rings is 1. The fourth-order valence-electron chi connectivity index (χ4n) is 4.53. The Morgan fingerprint density at radius 2 is 1.88 bits per heavy atom. The molecule has 1 aliphatic carbocycles. The molecule has 138 valence electrons. The lowest BCUT2D eigenvalue weighted by atomic mass is 9.96. The number of carbonyl (C=O) groups is 1. The maximum absolute atomic E-state index is 12.5. The molecule has 0 N–H and O–H groups in total. The second-order valence-electron chi connectivity index (χ2n) is 8.46. The Bertz CT molecular complexity index is 582. The fraction of sp³-hybridized carbons (Fsp3) is 0.762. The van der Waals surface area contributed by atoms with Crippen molar-refractivity contribution in [3.05, 3.63) is 23.7 Å². The van der Waals surface area contributed by atoms with E-state index in [0.29, 0.717) is 18.2 Å². The first-order valence-electron chi connectivity index (χ1n) is 10.3. The Morgan fingerprint density at radius 1 is 1.16 bits per heavy atom. The van der Waals surface area contributed by atoms with Crippen molar-refractivity contribution in [2.45, 2.75) is 57.8 Å². The summed E-state index contributed by atoms with van der Waals surface area (Å²) in [6.45, 7) is 7.97. The Balaban J connectivity index is 1.18. The number of hydrogen-bond donors (Lipinski definition) is 0. The van der Waals surface area contributed by atoms with Crippen molar-refractivity contribution in [1.82, 2.24) is 9.80 Å². The van der Waals surface area contributed by atoms with Gasteiger partial charge < -0.3 is 14.2 Å². The highest BCUT2D eigenvalue weighted by Crippen LogP contribution is 2.47. The van der Waals surface area contributed by atoms with Crippen LogP contribution in [-0.4, -0.2) is 48.4 Å². The molecule has 25 heavy (non-hydrogen) atoms. The predicted octanol–water partition coefficient (Wildman–Crippen LogP) is 3.67. The molecule has 0 aromatic carbocycles. The predicted molar refractivity (Wildman–Crippen MR) is 98.5 cm³/mol. The van der Waals surface area contributed by atoms with E-state index in [1.165, 1.54) is 51.7 Å². The zero-order chi connectivity index (χ0) is 17.2. The SMILES string of the molecule is C[C@@H]1C[C@@H]1c1ccc(CCC(=O)N2CCC(CN3CCCC3)CC2)o1. The molecule has 1 aromatic heterocycles. The summed E-state index contributed by atoms with van der Waals surface area (Å²) in [5, 5.41) is 0. The molecule has 1 amide bonds. The van der Waals surface area contributed by atoms with Gasteiger partial charge >= 0.3 is 0 Å². The van der Waals surface area contributed by atoms with E-state index in [1.807, 2.05) is 0 Å². The highest BCUT2D eigenvalue weighted by atomic mass is 16.3. The van der Waals surface area contributed by atoms with Crippen LogP contribution in [0.2, 0.25) is 0 Å². The number of likely N-dealkylation sites (tertiary alicyclic amines) is 2. The van der Waals surface area contributed by atoms with Crippen molar-refractivity contribution in [1.29, 1.82) is 0 Å². The van der Waals surface area contributed by atoms with E-state index in [1.54, 1.807) is 0 Å². The van der Waals surface area contributed by atoms with Crippen molar-refractivity contribution < 1.29 is 9.21 Å². The molecule has 3 heterocycles. The summed E-state index contributed by atoms with van der Waals surface area (Å²) in [5.41, 5.74) is 0. The normalized spacial score (nSPS) is 27.8. The summed E-state index contributed by atoms with van der Waals surface area (Å²) in [4.78, 5) is 17.2. The molecule has 4 rings (SSSR count). The van der Waals surface area contributed by atoms with Crippen LogP contribution in [0.3, 0.4) is 0 Å². The molecule has 0 radical (unpaired) electrons. The minimum Gasteiger partial charge on any atom is -0.466 e. The first-order chi connectivity index (χ1) is 12.2. The van der Waals surface area contributed by atoms with E-state index in [-0.39, 0.29) is 0 Å². The standard InChI is InChI=1S/C21H32N2O2/c1-16-14-19(16)20-6-4-18(25-20)5-7-21(24)23-12-8-17(9-13-23)15-22-10-2-3-11-22/h4,6,16-17,19H,2-3,5,7-15H2,1H3/t16-,19+/m1/s1. The quantitative estimate of drug-likeness (QED) is 0.790. The second-order valence-corrected chi connectivity index (χ2v) is 8.46. The van der Waals surface area contributed by atoms with Gasteiger partial charge in [-0.3, -0.25) is 4.79 Å².